The lowest BCUT2D eigenvalue weighted by atomic mass is 10.1. The van der Waals surface area contributed by atoms with Crippen molar-refractivity contribution in [2.75, 3.05) is 13.1 Å². The second-order valence-corrected chi connectivity index (χ2v) is 4.59. The molecule has 0 N–H and O–H groups in total. The van der Waals surface area contributed by atoms with E-state index < -0.39 is 0 Å². The fraction of sp³-hybridized carbons (Fsp3) is 0.429. The molecule has 1 aromatic carbocycles. The second kappa shape index (κ2) is 5.76. The Balaban J connectivity index is 1.86. The van der Waals surface area contributed by atoms with Crippen LogP contribution in [0.3, 0.4) is 0 Å². The first-order chi connectivity index (χ1) is 8.65. The van der Waals surface area contributed by atoms with Crippen LogP contribution >= 0.6 is 0 Å². The summed E-state index contributed by atoms with van der Waals surface area (Å²) in [4.78, 5) is 24.7. The van der Waals surface area contributed by atoms with E-state index in [-0.39, 0.29) is 24.1 Å². The minimum absolute atomic E-state index is 0.0210. The number of benzene rings is 1. The highest BCUT2D eigenvalue weighted by molar-refractivity contribution is 5.87. The van der Waals surface area contributed by atoms with Crippen molar-refractivity contribution in [3.8, 4) is 0 Å². The second-order valence-electron chi connectivity index (χ2n) is 4.59. The number of aryl methyl sites for hydroxylation is 1. The first-order valence-corrected chi connectivity index (χ1v) is 6.19. The van der Waals surface area contributed by atoms with Crippen LogP contribution < -0.4 is 0 Å². The lowest BCUT2D eigenvalue weighted by Gasteiger charge is -2.25. The third kappa shape index (κ3) is 3.39. The Kier molecular flexibility index (Phi) is 4.07. The number of likely N-dealkylation sites (tertiary alicyclic amines) is 1. The van der Waals surface area contributed by atoms with E-state index >= 15 is 0 Å². The van der Waals surface area contributed by atoms with Gasteiger partial charge in [0.05, 0.1) is 6.54 Å². The summed E-state index contributed by atoms with van der Waals surface area (Å²) in [6, 6.07) is 6.26. The van der Waals surface area contributed by atoms with Crippen LogP contribution in [0.5, 0.6) is 0 Å². The zero-order valence-electron chi connectivity index (χ0n) is 10.2. The van der Waals surface area contributed by atoms with Gasteiger partial charge in [0.1, 0.15) is 5.82 Å². The fourth-order valence-electron chi connectivity index (χ4n) is 2.15. The summed E-state index contributed by atoms with van der Waals surface area (Å²) in [5.74, 6) is -0.180. The Labute approximate surface area is 106 Å². The topological polar surface area (TPSA) is 37.4 Å². The standard InChI is InChI=1S/C14H16FNO2/c15-12-4-1-3-11(9-12)6-7-14(18)16-8-2-5-13(17)10-16/h1,3-4,9H,2,5-8,10H2. The molecule has 1 aromatic rings. The number of rotatable bonds is 3. The van der Waals surface area contributed by atoms with Crippen molar-refractivity contribution in [2.24, 2.45) is 0 Å². The molecule has 0 bridgehead atoms. The normalized spacial score (nSPS) is 15.8. The highest BCUT2D eigenvalue weighted by Gasteiger charge is 2.20. The van der Waals surface area contributed by atoms with Crippen molar-refractivity contribution in [1.29, 1.82) is 0 Å². The first kappa shape index (κ1) is 12.7. The molecule has 18 heavy (non-hydrogen) atoms. The molecule has 0 aliphatic carbocycles. The highest BCUT2D eigenvalue weighted by Crippen LogP contribution is 2.11. The van der Waals surface area contributed by atoms with Gasteiger partial charge in [-0.2, -0.15) is 0 Å². The zero-order chi connectivity index (χ0) is 13.0. The van der Waals surface area contributed by atoms with Gasteiger partial charge in [0.2, 0.25) is 5.91 Å². The van der Waals surface area contributed by atoms with Crippen molar-refractivity contribution in [2.45, 2.75) is 25.7 Å². The van der Waals surface area contributed by atoms with Gasteiger partial charge in [0.25, 0.3) is 0 Å². The molecule has 0 radical (unpaired) electrons. The molecule has 96 valence electrons. The molecular weight excluding hydrogens is 233 g/mol. The number of hydrogen-bond acceptors (Lipinski definition) is 2. The summed E-state index contributed by atoms with van der Waals surface area (Å²) in [5.41, 5.74) is 0.812. The summed E-state index contributed by atoms with van der Waals surface area (Å²) < 4.78 is 13.0. The van der Waals surface area contributed by atoms with Crippen LogP contribution in [-0.2, 0) is 16.0 Å². The average Bonchev–Trinajstić information content (AvgIpc) is 2.36. The molecule has 1 amide bonds. The molecule has 1 fully saturated rings. The monoisotopic (exact) mass is 249 g/mol. The van der Waals surface area contributed by atoms with Gasteiger partial charge in [-0.1, -0.05) is 12.1 Å². The summed E-state index contributed by atoms with van der Waals surface area (Å²) in [6.07, 6.45) is 2.18. The molecular formula is C14H16FNO2. The maximum Gasteiger partial charge on any atom is 0.223 e. The summed E-state index contributed by atoms with van der Waals surface area (Å²) in [7, 11) is 0. The smallest absolute Gasteiger partial charge is 0.223 e. The number of ketones is 1. The summed E-state index contributed by atoms with van der Waals surface area (Å²) in [6.45, 7) is 0.899. The van der Waals surface area contributed by atoms with E-state index in [0.717, 1.165) is 12.0 Å². The van der Waals surface area contributed by atoms with E-state index in [0.29, 0.717) is 25.8 Å². The highest BCUT2D eigenvalue weighted by atomic mass is 19.1. The zero-order valence-corrected chi connectivity index (χ0v) is 10.2. The van der Waals surface area contributed by atoms with Crippen LogP contribution in [0.15, 0.2) is 24.3 Å². The number of nitrogens with zero attached hydrogens (tertiary/aromatic N) is 1. The number of halogens is 1. The van der Waals surface area contributed by atoms with Gasteiger partial charge in [-0.15, -0.1) is 0 Å². The van der Waals surface area contributed by atoms with Crippen molar-refractivity contribution >= 4 is 11.7 Å². The number of piperidine rings is 1. The predicted molar refractivity (Wildman–Crippen MR) is 65.5 cm³/mol. The van der Waals surface area contributed by atoms with Gasteiger partial charge in [-0.25, -0.2) is 4.39 Å². The van der Waals surface area contributed by atoms with Crippen LogP contribution in [-0.4, -0.2) is 29.7 Å². The van der Waals surface area contributed by atoms with Gasteiger partial charge in [0.15, 0.2) is 5.78 Å². The minimum Gasteiger partial charge on any atom is -0.335 e. The van der Waals surface area contributed by atoms with Crippen molar-refractivity contribution < 1.29 is 14.0 Å². The third-order valence-electron chi connectivity index (χ3n) is 3.12. The Morgan fingerprint density at radius 2 is 2.22 bits per heavy atom. The lowest BCUT2D eigenvalue weighted by molar-refractivity contribution is -0.137. The minimum atomic E-state index is -0.284. The quantitative estimate of drug-likeness (QED) is 0.821. The molecule has 3 nitrogen and oxygen atoms in total. The molecule has 1 aliphatic heterocycles. The largest absolute Gasteiger partial charge is 0.335 e. The van der Waals surface area contributed by atoms with E-state index in [1.165, 1.54) is 12.1 Å². The summed E-state index contributed by atoms with van der Waals surface area (Å²) in [5, 5.41) is 0. The molecule has 0 spiro atoms. The SMILES string of the molecule is O=C1CCCN(C(=O)CCc2cccc(F)c2)C1. The summed E-state index contributed by atoms with van der Waals surface area (Å²) >= 11 is 0. The number of Topliss-reactive ketones (excluding diaryl/α,β-unsaturated/α-hetero) is 1. The van der Waals surface area contributed by atoms with Gasteiger partial charge >= 0.3 is 0 Å². The number of amides is 1. The van der Waals surface area contributed by atoms with Crippen LogP contribution in [0.2, 0.25) is 0 Å². The Morgan fingerprint density at radius 1 is 1.39 bits per heavy atom. The van der Waals surface area contributed by atoms with Crippen LogP contribution in [0.25, 0.3) is 0 Å². The maximum absolute atomic E-state index is 13.0. The molecule has 0 unspecified atom stereocenters. The molecule has 0 aromatic heterocycles. The Morgan fingerprint density at radius 3 is 2.94 bits per heavy atom. The fourth-order valence-corrected chi connectivity index (χ4v) is 2.15. The van der Waals surface area contributed by atoms with Crippen LogP contribution in [0.4, 0.5) is 4.39 Å². The van der Waals surface area contributed by atoms with Crippen molar-refractivity contribution in [3.05, 3.63) is 35.6 Å². The predicted octanol–water partition coefficient (Wildman–Crippen LogP) is 1.95. The molecule has 1 aliphatic rings. The van der Waals surface area contributed by atoms with E-state index in [1.807, 2.05) is 0 Å². The van der Waals surface area contributed by atoms with Crippen LogP contribution in [0.1, 0.15) is 24.8 Å². The third-order valence-corrected chi connectivity index (χ3v) is 3.12. The Hall–Kier alpha value is -1.71. The Bertz CT molecular complexity index is 459. The molecule has 2 rings (SSSR count). The lowest BCUT2D eigenvalue weighted by Crippen LogP contribution is -2.40. The maximum atomic E-state index is 13.0. The van der Waals surface area contributed by atoms with Crippen LogP contribution in [0, 0.1) is 5.82 Å². The average molecular weight is 249 g/mol. The van der Waals surface area contributed by atoms with Gasteiger partial charge in [-0.3, -0.25) is 9.59 Å². The number of carbonyl (C=O) groups is 2. The van der Waals surface area contributed by atoms with E-state index in [4.69, 9.17) is 0 Å². The number of hydrogen-bond donors (Lipinski definition) is 0. The molecule has 0 atom stereocenters. The van der Waals surface area contributed by atoms with Gasteiger partial charge in [0, 0.05) is 19.4 Å². The van der Waals surface area contributed by atoms with E-state index in [9.17, 15) is 14.0 Å². The number of carbonyl (C=O) groups excluding carboxylic acids is 2. The van der Waals surface area contributed by atoms with E-state index in [2.05, 4.69) is 0 Å². The molecule has 0 saturated carbocycles. The van der Waals surface area contributed by atoms with Crippen molar-refractivity contribution in [3.63, 3.8) is 0 Å². The van der Waals surface area contributed by atoms with Gasteiger partial charge in [-0.05, 0) is 30.5 Å². The molecule has 4 heteroatoms. The van der Waals surface area contributed by atoms with Crippen molar-refractivity contribution in [1.82, 2.24) is 4.90 Å². The van der Waals surface area contributed by atoms with Gasteiger partial charge < -0.3 is 4.90 Å². The van der Waals surface area contributed by atoms with E-state index in [1.54, 1.807) is 17.0 Å². The molecule has 1 saturated heterocycles. The molecule has 1 heterocycles. The first-order valence-electron chi connectivity index (χ1n) is 6.19.